The minimum Gasteiger partial charge on any atom is -0.389 e. The molecule has 0 saturated heterocycles. The molecule has 146 valence electrons. The number of nitrogens with two attached hydrogens (primary N) is 1. The Labute approximate surface area is 175 Å². The first-order chi connectivity index (χ1) is 12.2. The molecule has 0 amide bonds. The first-order valence-corrected chi connectivity index (χ1v) is 9.52. The van der Waals surface area contributed by atoms with Gasteiger partial charge in [0.05, 0.1) is 29.0 Å². The smallest absolute Gasteiger partial charge is 0.124 e. The SMILES string of the molecule is Cl.Cl.NC1CCCC(OCc2ccc(-c3nc4ccccc4s3)cc2)C1O. The molecule has 3 unspecified atom stereocenters. The molecule has 0 bridgehead atoms. The number of aromatic nitrogens is 1. The minimum absolute atomic E-state index is 0. The third kappa shape index (κ3) is 4.99. The number of hydrogen-bond donors (Lipinski definition) is 2. The number of thiazole rings is 1. The molecule has 1 saturated carbocycles. The maximum Gasteiger partial charge on any atom is 0.124 e. The fourth-order valence-electron chi connectivity index (χ4n) is 3.30. The van der Waals surface area contributed by atoms with Crippen LogP contribution in [-0.4, -0.2) is 28.3 Å². The summed E-state index contributed by atoms with van der Waals surface area (Å²) in [7, 11) is 0. The number of para-hydroxylation sites is 1. The summed E-state index contributed by atoms with van der Waals surface area (Å²) in [5, 5.41) is 11.2. The average Bonchev–Trinajstić information content (AvgIpc) is 3.07. The van der Waals surface area contributed by atoms with Crippen molar-refractivity contribution in [3.05, 3.63) is 54.1 Å². The van der Waals surface area contributed by atoms with E-state index in [2.05, 4.69) is 30.3 Å². The molecule has 3 aromatic rings. The van der Waals surface area contributed by atoms with Crippen molar-refractivity contribution in [1.82, 2.24) is 4.98 Å². The third-order valence-electron chi connectivity index (χ3n) is 4.80. The molecule has 3 N–H and O–H groups in total. The van der Waals surface area contributed by atoms with E-state index in [-0.39, 0.29) is 37.0 Å². The number of hydrogen-bond acceptors (Lipinski definition) is 5. The van der Waals surface area contributed by atoms with Crippen LogP contribution in [0.4, 0.5) is 0 Å². The summed E-state index contributed by atoms with van der Waals surface area (Å²) in [6, 6.07) is 16.3. The molecular formula is C20H24Cl2N2O2S. The Morgan fingerprint density at radius 2 is 1.81 bits per heavy atom. The van der Waals surface area contributed by atoms with Gasteiger partial charge in [0.1, 0.15) is 5.01 Å². The second kappa shape index (κ2) is 9.82. The molecule has 1 fully saturated rings. The highest BCUT2D eigenvalue weighted by Gasteiger charge is 2.29. The third-order valence-corrected chi connectivity index (χ3v) is 5.89. The van der Waals surface area contributed by atoms with Gasteiger partial charge in [0.25, 0.3) is 0 Å². The molecule has 4 nitrogen and oxygen atoms in total. The van der Waals surface area contributed by atoms with Gasteiger partial charge in [-0.25, -0.2) is 4.98 Å². The van der Waals surface area contributed by atoms with Crippen molar-refractivity contribution < 1.29 is 9.84 Å². The maximum absolute atomic E-state index is 10.1. The van der Waals surface area contributed by atoms with E-state index in [4.69, 9.17) is 15.5 Å². The molecular weight excluding hydrogens is 403 g/mol. The highest BCUT2D eigenvalue weighted by atomic mass is 35.5. The van der Waals surface area contributed by atoms with Gasteiger partial charge in [0.15, 0.2) is 0 Å². The zero-order valence-electron chi connectivity index (χ0n) is 14.8. The van der Waals surface area contributed by atoms with E-state index in [1.807, 2.05) is 18.2 Å². The quantitative estimate of drug-likeness (QED) is 0.641. The normalized spacial score (nSPS) is 22.1. The van der Waals surface area contributed by atoms with Crippen LogP contribution in [0.15, 0.2) is 48.5 Å². The molecule has 27 heavy (non-hydrogen) atoms. The van der Waals surface area contributed by atoms with Crippen LogP contribution in [0.25, 0.3) is 20.8 Å². The lowest BCUT2D eigenvalue weighted by Gasteiger charge is -2.32. The molecule has 2 aromatic carbocycles. The molecule has 0 radical (unpaired) electrons. The number of aliphatic hydroxyl groups is 1. The van der Waals surface area contributed by atoms with Crippen molar-refractivity contribution in [1.29, 1.82) is 0 Å². The Hall–Kier alpha value is -1.21. The predicted molar refractivity (Wildman–Crippen MR) is 116 cm³/mol. The zero-order chi connectivity index (χ0) is 17.2. The van der Waals surface area contributed by atoms with Crippen LogP contribution in [0.2, 0.25) is 0 Å². The van der Waals surface area contributed by atoms with Crippen LogP contribution in [0.5, 0.6) is 0 Å². The van der Waals surface area contributed by atoms with Gasteiger partial charge in [-0.1, -0.05) is 36.4 Å². The van der Waals surface area contributed by atoms with E-state index in [1.165, 1.54) is 4.70 Å². The first kappa shape index (κ1) is 22.1. The fourth-order valence-corrected chi connectivity index (χ4v) is 4.27. The van der Waals surface area contributed by atoms with Crippen LogP contribution in [0.1, 0.15) is 24.8 Å². The molecule has 4 rings (SSSR count). The summed E-state index contributed by atoms with van der Waals surface area (Å²) in [6.07, 6.45) is 2.04. The first-order valence-electron chi connectivity index (χ1n) is 8.71. The summed E-state index contributed by atoms with van der Waals surface area (Å²) in [6.45, 7) is 0.495. The number of ether oxygens (including phenoxy) is 1. The van der Waals surface area contributed by atoms with Crippen LogP contribution >= 0.6 is 36.2 Å². The molecule has 1 aromatic heterocycles. The summed E-state index contributed by atoms with van der Waals surface area (Å²) >= 11 is 1.70. The average molecular weight is 427 g/mol. The van der Waals surface area contributed by atoms with Crippen LogP contribution in [0, 0.1) is 0 Å². The lowest BCUT2D eigenvalue weighted by Crippen LogP contribution is -2.47. The second-order valence-electron chi connectivity index (χ2n) is 6.62. The number of rotatable bonds is 4. The number of aliphatic hydroxyl groups excluding tert-OH is 1. The summed E-state index contributed by atoms with van der Waals surface area (Å²) in [5.74, 6) is 0. The number of nitrogens with zero attached hydrogens (tertiary/aromatic N) is 1. The summed E-state index contributed by atoms with van der Waals surface area (Å²) in [5.41, 5.74) is 9.17. The van der Waals surface area contributed by atoms with Crippen molar-refractivity contribution in [2.24, 2.45) is 5.73 Å². The lowest BCUT2D eigenvalue weighted by atomic mass is 9.90. The van der Waals surface area contributed by atoms with Crippen molar-refractivity contribution in [2.75, 3.05) is 0 Å². The Kier molecular flexibility index (Phi) is 8.04. The largest absolute Gasteiger partial charge is 0.389 e. The molecule has 1 aliphatic rings. The molecule has 0 spiro atoms. The summed E-state index contributed by atoms with van der Waals surface area (Å²) in [4.78, 5) is 4.69. The maximum atomic E-state index is 10.1. The highest BCUT2D eigenvalue weighted by molar-refractivity contribution is 7.21. The van der Waals surface area contributed by atoms with Gasteiger partial charge < -0.3 is 15.6 Å². The zero-order valence-corrected chi connectivity index (χ0v) is 17.2. The summed E-state index contributed by atoms with van der Waals surface area (Å²) < 4.78 is 7.10. The minimum atomic E-state index is -0.559. The molecule has 1 aliphatic carbocycles. The van der Waals surface area contributed by atoms with E-state index < -0.39 is 6.10 Å². The second-order valence-corrected chi connectivity index (χ2v) is 7.65. The molecule has 3 atom stereocenters. The van der Waals surface area contributed by atoms with Crippen molar-refractivity contribution >= 4 is 46.4 Å². The highest BCUT2D eigenvalue weighted by Crippen LogP contribution is 2.30. The lowest BCUT2D eigenvalue weighted by molar-refractivity contribution is -0.0740. The van der Waals surface area contributed by atoms with Crippen molar-refractivity contribution in [2.45, 2.75) is 44.1 Å². The predicted octanol–water partition coefficient (Wildman–Crippen LogP) is 4.56. The van der Waals surface area contributed by atoms with Crippen LogP contribution in [0.3, 0.4) is 0 Å². The standard InChI is InChI=1S/C20H22N2O2S.2ClH/c21-15-4-3-6-17(19(15)23)24-12-13-8-10-14(11-9-13)20-22-16-5-1-2-7-18(16)25-20;;/h1-2,5,7-11,15,17,19,23H,3-4,6,12,21H2;2*1H. The van der Waals surface area contributed by atoms with Crippen molar-refractivity contribution in [3.63, 3.8) is 0 Å². The fraction of sp³-hybridized carbons (Fsp3) is 0.350. The Balaban J connectivity index is 0.00000131. The van der Waals surface area contributed by atoms with Crippen LogP contribution < -0.4 is 5.73 Å². The van der Waals surface area contributed by atoms with Gasteiger partial charge in [-0.2, -0.15) is 0 Å². The molecule has 1 heterocycles. The van der Waals surface area contributed by atoms with Gasteiger partial charge in [0.2, 0.25) is 0 Å². The van der Waals surface area contributed by atoms with Gasteiger partial charge in [-0.15, -0.1) is 36.2 Å². The van der Waals surface area contributed by atoms with E-state index in [0.29, 0.717) is 6.61 Å². The van der Waals surface area contributed by atoms with Gasteiger partial charge in [0, 0.05) is 11.6 Å². The molecule has 0 aliphatic heterocycles. The van der Waals surface area contributed by atoms with Gasteiger partial charge in [-0.3, -0.25) is 0 Å². The van der Waals surface area contributed by atoms with E-state index >= 15 is 0 Å². The van der Waals surface area contributed by atoms with Crippen molar-refractivity contribution in [3.8, 4) is 10.6 Å². The monoisotopic (exact) mass is 426 g/mol. The van der Waals surface area contributed by atoms with E-state index in [9.17, 15) is 5.11 Å². The van der Waals surface area contributed by atoms with Crippen LogP contribution in [-0.2, 0) is 11.3 Å². The number of benzene rings is 2. The Morgan fingerprint density at radius 3 is 2.56 bits per heavy atom. The number of halogens is 2. The Bertz CT molecular complexity index is 824. The topological polar surface area (TPSA) is 68.4 Å². The molecule has 7 heteroatoms. The van der Waals surface area contributed by atoms with Gasteiger partial charge >= 0.3 is 0 Å². The number of fused-ring (bicyclic) bond motifs is 1. The van der Waals surface area contributed by atoms with E-state index in [1.54, 1.807) is 11.3 Å². The van der Waals surface area contributed by atoms with Gasteiger partial charge in [-0.05, 0) is 37.0 Å². The Morgan fingerprint density at radius 1 is 1.07 bits per heavy atom. The van der Waals surface area contributed by atoms with E-state index in [0.717, 1.165) is 40.9 Å².